The van der Waals surface area contributed by atoms with E-state index >= 15 is 0 Å². The van der Waals surface area contributed by atoms with Gasteiger partial charge in [0.2, 0.25) is 5.82 Å². The van der Waals surface area contributed by atoms with Crippen LogP contribution < -0.4 is 5.32 Å². The number of aryl methyl sites for hydroxylation is 1. The standard InChI is InChI=1S/C20H11ClF8N6O2/c1-35-12(11(19(24,25)26)13(33-35)18(22,23)20(27,28)29)16-31-14(34-37-16)8-2-3-10(21)9(6-8)15(36)32-17(7-30)4-5-17/h2-3,6H,4-5H2,1H3,(H,32,36). The zero-order valence-electron chi connectivity index (χ0n) is 18.1. The van der Waals surface area contributed by atoms with Gasteiger partial charge in [-0.25, -0.2) is 0 Å². The van der Waals surface area contributed by atoms with Crippen LogP contribution in [-0.4, -0.2) is 37.5 Å². The summed E-state index contributed by atoms with van der Waals surface area (Å²) >= 11 is 6.04. The van der Waals surface area contributed by atoms with E-state index in [0.29, 0.717) is 19.9 Å². The first kappa shape index (κ1) is 26.3. The third-order valence-electron chi connectivity index (χ3n) is 5.40. The van der Waals surface area contributed by atoms with Crippen molar-refractivity contribution in [2.45, 2.75) is 36.7 Å². The van der Waals surface area contributed by atoms with Gasteiger partial charge in [-0.2, -0.15) is 50.5 Å². The van der Waals surface area contributed by atoms with E-state index in [9.17, 15) is 39.9 Å². The van der Waals surface area contributed by atoms with Crippen molar-refractivity contribution in [1.29, 1.82) is 5.26 Å². The fourth-order valence-electron chi connectivity index (χ4n) is 3.34. The van der Waals surface area contributed by atoms with Crippen molar-refractivity contribution in [3.8, 4) is 29.0 Å². The topological polar surface area (TPSA) is 110 Å². The number of nitriles is 1. The maximum atomic E-state index is 13.9. The number of rotatable bonds is 5. The number of hydrogen-bond donors (Lipinski definition) is 1. The molecular weight excluding hydrogens is 544 g/mol. The number of amides is 1. The molecule has 0 radical (unpaired) electrons. The molecular formula is C20H11ClF8N6O2. The number of carbonyl (C=O) groups is 1. The molecule has 17 heteroatoms. The van der Waals surface area contributed by atoms with E-state index in [-0.39, 0.29) is 20.8 Å². The van der Waals surface area contributed by atoms with Crippen LogP contribution in [0.5, 0.6) is 0 Å². The lowest BCUT2D eigenvalue weighted by molar-refractivity contribution is -0.292. The molecule has 4 rings (SSSR count). The monoisotopic (exact) mass is 554 g/mol. The molecule has 2 aromatic heterocycles. The van der Waals surface area contributed by atoms with Gasteiger partial charge in [-0.15, -0.1) is 0 Å². The fraction of sp³-hybridized carbons (Fsp3) is 0.350. The molecule has 0 aliphatic heterocycles. The van der Waals surface area contributed by atoms with Crippen molar-refractivity contribution in [2.24, 2.45) is 7.05 Å². The zero-order chi connectivity index (χ0) is 27.6. The van der Waals surface area contributed by atoms with Gasteiger partial charge in [-0.1, -0.05) is 16.8 Å². The SMILES string of the molecule is Cn1nc(C(F)(F)C(F)(F)F)c(C(F)(F)F)c1-c1nc(-c2ccc(Cl)c(C(=O)NC3(C#N)CC3)c2)no1. The van der Waals surface area contributed by atoms with Crippen molar-refractivity contribution < 1.29 is 44.4 Å². The third kappa shape index (κ3) is 4.59. The molecule has 0 atom stereocenters. The first-order valence-corrected chi connectivity index (χ1v) is 10.4. The van der Waals surface area contributed by atoms with Crippen LogP contribution in [-0.2, 0) is 19.1 Å². The second-order valence-corrected chi connectivity index (χ2v) is 8.44. The molecule has 0 bridgehead atoms. The summed E-state index contributed by atoms with van der Waals surface area (Å²) in [5, 5.41) is 17.8. The molecule has 1 fully saturated rings. The summed E-state index contributed by atoms with van der Waals surface area (Å²) in [6, 6.07) is 5.56. The summed E-state index contributed by atoms with van der Waals surface area (Å²) in [5.41, 5.74) is -7.53. The molecule has 1 aliphatic carbocycles. The predicted molar refractivity (Wildman–Crippen MR) is 107 cm³/mol. The Morgan fingerprint density at radius 3 is 2.38 bits per heavy atom. The number of nitrogens with zero attached hydrogens (tertiary/aromatic N) is 5. The molecule has 1 aliphatic rings. The molecule has 2 heterocycles. The molecule has 0 saturated heterocycles. The number of hydrogen-bond acceptors (Lipinski definition) is 6. The van der Waals surface area contributed by atoms with Crippen LogP contribution in [0, 0.1) is 11.3 Å². The minimum Gasteiger partial charge on any atom is -0.334 e. The Balaban J connectivity index is 1.77. The maximum Gasteiger partial charge on any atom is 0.459 e. The largest absolute Gasteiger partial charge is 0.459 e. The average Bonchev–Trinajstić information content (AvgIpc) is 3.21. The van der Waals surface area contributed by atoms with Gasteiger partial charge in [-0.05, 0) is 31.0 Å². The number of halogens is 9. The summed E-state index contributed by atoms with van der Waals surface area (Å²) in [7, 11) is 0.693. The van der Waals surface area contributed by atoms with E-state index in [4.69, 9.17) is 21.4 Å². The number of aromatic nitrogens is 4. The summed E-state index contributed by atoms with van der Waals surface area (Å²) < 4.78 is 112. The first-order valence-electron chi connectivity index (χ1n) is 9.98. The van der Waals surface area contributed by atoms with E-state index in [1.54, 1.807) is 0 Å². The molecule has 37 heavy (non-hydrogen) atoms. The Labute approximate surface area is 205 Å². The summed E-state index contributed by atoms with van der Waals surface area (Å²) in [5.74, 6) is -8.19. The van der Waals surface area contributed by atoms with E-state index in [2.05, 4.69) is 20.6 Å². The van der Waals surface area contributed by atoms with Crippen molar-refractivity contribution in [1.82, 2.24) is 25.2 Å². The van der Waals surface area contributed by atoms with E-state index in [1.807, 2.05) is 6.07 Å². The maximum absolute atomic E-state index is 13.9. The van der Waals surface area contributed by atoms with Crippen molar-refractivity contribution in [2.75, 3.05) is 0 Å². The lowest BCUT2D eigenvalue weighted by Crippen LogP contribution is -2.36. The molecule has 1 amide bonds. The Morgan fingerprint density at radius 1 is 1.19 bits per heavy atom. The number of alkyl halides is 8. The zero-order valence-corrected chi connectivity index (χ0v) is 18.9. The van der Waals surface area contributed by atoms with Crippen LogP contribution in [0.3, 0.4) is 0 Å². The predicted octanol–water partition coefficient (Wildman–Crippen LogP) is 5.25. The van der Waals surface area contributed by atoms with Crippen LogP contribution in [0.15, 0.2) is 22.7 Å². The molecule has 196 valence electrons. The quantitative estimate of drug-likeness (QED) is 0.432. The van der Waals surface area contributed by atoms with Crippen molar-refractivity contribution in [3.05, 3.63) is 40.0 Å². The summed E-state index contributed by atoms with van der Waals surface area (Å²) in [6.45, 7) is 0. The average molecular weight is 555 g/mol. The van der Waals surface area contributed by atoms with Crippen LogP contribution >= 0.6 is 11.6 Å². The lowest BCUT2D eigenvalue weighted by Gasteiger charge is -2.19. The summed E-state index contributed by atoms with van der Waals surface area (Å²) in [6.07, 6.45) is -11.2. The van der Waals surface area contributed by atoms with Gasteiger partial charge in [0.1, 0.15) is 16.8 Å². The van der Waals surface area contributed by atoms with Crippen LogP contribution in [0.4, 0.5) is 35.1 Å². The first-order chi connectivity index (χ1) is 17.0. The second kappa shape index (κ2) is 8.40. The van der Waals surface area contributed by atoms with Gasteiger partial charge in [0.15, 0.2) is 5.69 Å². The van der Waals surface area contributed by atoms with E-state index in [0.717, 1.165) is 6.07 Å². The van der Waals surface area contributed by atoms with Crippen molar-refractivity contribution in [3.63, 3.8) is 0 Å². The highest BCUT2D eigenvalue weighted by molar-refractivity contribution is 6.34. The van der Waals surface area contributed by atoms with Gasteiger partial charge in [0.25, 0.3) is 11.8 Å². The highest BCUT2D eigenvalue weighted by Crippen LogP contribution is 2.50. The van der Waals surface area contributed by atoms with Crippen LogP contribution in [0.2, 0.25) is 5.02 Å². The third-order valence-corrected chi connectivity index (χ3v) is 5.73. The fourth-order valence-corrected chi connectivity index (χ4v) is 3.54. The highest BCUT2D eigenvalue weighted by Gasteiger charge is 2.64. The smallest absolute Gasteiger partial charge is 0.334 e. The molecule has 1 N–H and O–H groups in total. The molecule has 8 nitrogen and oxygen atoms in total. The van der Waals surface area contributed by atoms with Gasteiger partial charge >= 0.3 is 18.3 Å². The van der Waals surface area contributed by atoms with Gasteiger partial charge in [0.05, 0.1) is 16.7 Å². The van der Waals surface area contributed by atoms with E-state index < -0.39 is 58.4 Å². The Bertz CT molecular complexity index is 1430. The molecule has 1 saturated carbocycles. The van der Waals surface area contributed by atoms with Gasteiger partial charge < -0.3 is 9.84 Å². The van der Waals surface area contributed by atoms with Crippen molar-refractivity contribution >= 4 is 17.5 Å². The minimum atomic E-state index is -6.37. The van der Waals surface area contributed by atoms with Crippen LogP contribution in [0.25, 0.3) is 23.0 Å². The number of carbonyl (C=O) groups excluding carboxylic acids is 1. The molecule has 0 unspecified atom stereocenters. The minimum absolute atomic E-state index is 0.0251. The van der Waals surface area contributed by atoms with Gasteiger partial charge in [0, 0.05) is 12.6 Å². The number of benzene rings is 1. The Hall–Kier alpha value is -3.74. The molecule has 0 spiro atoms. The normalized spacial score (nSPS) is 15.4. The summed E-state index contributed by atoms with van der Waals surface area (Å²) in [4.78, 5) is 16.2. The lowest BCUT2D eigenvalue weighted by atomic mass is 10.1. The number of nitrogens with one attached hydrogen (secondary N) is 1. The molecule has 1 aromatic carbocycles. The van der Waals surface area contributed by atoms with Crippen LogP contribution in [0.1, 0.15) is 34.5 Å². The Morgan fingerprint density at radius 2 is 1.84 bits per heavy atom. The highest BCUT2D eigenvalue weighted by atomic mass is 35.5. The van der Waals surface area contributed by atoms with Gasteiger partial charge in [-0.3, -0.25) is 9.48 Å². The second-order valence-electron chi connectivity index (χ2n) is 8.03. The van der Waals surface area contributed by atoms with E-state index in [1.165, 1.54) is 12.1 Å². The Kier molecular flexibility index (Phi) is 5.98. The molecule has 3 aromatic rings.